The Bertz CT molecular complexity index is 853. The average Bonchev–Trinajstić information content (AvgIpc) is 2.74. The molecule has 2 aromatic carbocycles. The van der Waals surface area contributed by atoms with Gasteiger partial charge in [-0.1, -0.05) is 26.8 Å². The van der Waals surface area contributed by atoms with E-state index in [0.29, 0.717) is 41.0 Å². The van der Waals surface area contributed by atoms with Gasteiger partial charge in [0.1, 0.15) is 5.75 Å². The predicted molar refractivity (Wildman–Crippen MR) is 120 cm³/mol. The normalized spacial score (nSPS) is 14.6. The zero-order valence-corrected chi connectivity index (χ0v) is 18.2. The van der Waals surface area contributed by atoms with E-state index in [0.717, 1.165) is 32.4 Å². The Balaban J connectivity index is 1.57. The molecule has 1 aliphatic heterocycles. The second-order valence-electron chi connectivity index (χ2n) is 8.57. The fourth-order valence-corrected chi connectivity index (χ4v) is 3.43. The molecule has 0 saturated carbocycles. The van der Waals surface area contributed by atoms with Crippen molar-refractivity contribution < 1.29 is 14.3 Å². The molecule has 0 bridgehead atoms. The van der Waals surface area contributed by atoms with Crippen LogP contribution in [0.4, 0.5) is 5.69 Å². The van der Waals surface area contributed by atoms with Crippen molar-refractivity contribution in [3.8, 4) is 5.75 Å². The van der Waals surface area contributed by atoms with Crippen LogP contribution in [0.1, 0.15) is 60.7 Å². The molecule has 1 saturated heterocycles. The van der Waals surface area contributed by atoms with E-state index in [9.17, 15) is 9.59 Å². The fourth-order valence-electron chi connectivity index (χ4n) is 3.43. The minimum Gasteiger partial charge on any atom is -0.494 e. The molecule has 0 unspecified atom stereocenters. The largest absolute Gasteiger partial charge is 0.494 e. The number of ether oxygens (including phenoxy) is 1. The summed E-state index contributed by atoms with van der Waals surface area (Å²) >= 11 is 0. The Kier molecular flexibility index (Phi) is 7.50. The number of hydrogen-bond donors (Lipinski definition) is 1. The van der Waals surface area contributed by atoms with E-state index >= 15 is 0 Å². The SMILES string of the molecule is CC(C)CCOc1cccc(C(=O)Nc2ccc(C(=O)N3CCC(C)CC3)cc2)c1. The quantitative estimate of drug-likeness (QED) is 0.682. The van der Waals surface area contributed by atoms with Crippen LogP contribution in [0.15, 0.2) is 48.5 Å². The van der Waals surface area contributed by atoms with Crippen LogP contribution in [-0.4, -0.2) is 36.4 Å². The molecule has 3 rings (SSSR count). The highest BCUT2D eigenvalue weighted by Crippen LogP contribution is 2.20. The topological polar surface area (TPSA) is 58.6 Å². The number of hydrogen-bond acceptors (Lipinski definition) is 3. The van der Waals surface area contributed by atoms with Crippen molar-refractivity contribution >= 4 is 17.5 Å². The summed E-state index contributed by atoms with van der Waals surface area (Å²) in [5.74, 6) is 1.81. The lowest BCUT2D eigenvalue weighted by Crippen LogP contribution is -2.37. The van der Waals surface area contributed by atoms with Crippen molar-refractivity contribution in [2.45, 2.75) is 40.0 Å². The molecule has 0 spiro atoms. The van der Waals surface area contributed by atoms with Gasteiger partial charge < -0.3 is 15.0 Å². The van der Waals surface area contributed by atoms with Gasteiger partial charge in [-0.3, -0.25) is 9.59 Å². The van der Waals surface area contributed by atoms with Crippen LogP contribution < -0.4 is 10.1 Å². The van der Waals surface area contributed by atoms with Crippen LogP contribution in [0.2, 0.25) is 0 Å². The molecule has 1 fully saturated rings. The van der Waals surface area contributed by atoms with Crippen LogP contribution in [-0.2, 0) is 0 Å². The number of likely N-dealkylation sites (tertiary alicyclic amines) is 1. The first-order chi connectivity index (χ1) is 14.4. The summed E-state index contributed by atoms with van der Waals surface area (Å²) < 4.78 is 5.74. The second-order valence-corrected chi connectivity index (χ2v) is 8.57. The second kappa shape index (κ2) is 10.3. The lowest BCUT2D eigenvalue weighted by Gasteiger charge is -2.30. The number of rotatable bonds is 7. The molecule has 0 radical (unpaired) electrons. The summed E-state index contributed by atoms with van der Waals surface area (Å²) in [6, 6.07) is 14.3. The molecule has 30 heavy (non-hydrogen) atoms. The van der Waals surface area contributed by atoms with E-state index in [-0.39, 0.29) is 11.8 Å². The van der Waals surface area contributed by atoms with Gasteiger partial charge in [0.2, 0.25) is 0 Å². The van der Waals surface area contributed by atoms with E-state index < -0.39 is 0 Å². The molecule has 160 valence electrons. The van der Waals surface area contributed by atoms with E-state index in [4.69, 9.17) is 4.74 Å². The number of carbonyl (C=O) groups excluding carboxylic acids is 2. The highest BCUT2D eigenvalue weighted by Gasteiger charge is 2.21. The van der Waals surface area contributed by atoms with Crippen LogP contribution in [0.3, 0.4) is 0 Å². The number of nitrogens with zero attached hydrogens (tertiary/aromatic N) is 1. The van der Waals surface area contributed by atoms with Crippen LogP contribution in [0, 0.1) is 11.8 Å². The third-order valence-corrected chi connectivity index (χ3v) is 5.52. The molecule has 1 heterocycles. The molecule has 2 amide bonds. The molecular formula is C25H32N2O3. The average molecular weight is 409 g/mol. The van der Waals surface area contributed by atoms with Crippen molar-refractivity contribution in [3.05, 3.63) is 59.7 Å². The first-order valence-electron chi connectivity index (χ1n) is 10.9. The molecule has 5 nitrogen and oxygen atoms in total. The van der Waals surface area contributed by atoms with Gasteiger partial charge >= 0.3 is 0 Å². The smallest absolute Gasteiger partial charge is 0.255 e. The van der Waals surface area contributed by atoms with Gasteiger partial charge in [-0.15, -0.1) is 0 Å². The third-order valence-electron chi connectivity index (χ3n) is 5.52. The number of benzene rings is 2. The molecule has 5 heteroatoms. The van der Waals surface area contributed by atoms with Gasteiger partial charge in [-0.2, -0.15) is 0 Å². The lowest BCUT2D eigenvalue weighted by atomic mass is 9.98. The fraction of sp³-hybridized carbons (Fsp3) is 0.440. The van der Waals surface area contributed by atoms with Gasteiger partial charge in [0.15, 0.2) is 0 Å². The summed E-state index contributed by atoms with van der Waals surface area (Å²) in [5.41, 5.74) is 1.86. The van der Waals surface area contributed by atoms with E-state index in [1.54, 1.807) is 36.4 Å². The summed E-state index contributed by atoms with van der Waals surface area (Å²) in [7, 11) is 0. The van der Waals surface area contributed by atoms with Gasteiger partial charge in [0, 0.05) is 29.9 Å². The van der Waals surface area contributed by atoms with Crippen molar-refractivity contribution in [2.24, 2.45) is 11.8 Å². The number of anilines is 1. The van der Waals surface area contributed by atoms with E-state index in [2.05, 4.69) is 26.1 Å². The maximum absolute atomic E-state index is 12.7. The number of nitrogens with one attached hydrogen (secondary N) is 1. The molecule has 1 N–H and O–H groups in total. The molecule has 0 aliphatic carbocycles. The maximum atomic E-state index is 12.7. The number of amides is 2. The van der Waals surface area contributed by atoms with Gasteiger partial charge in [0.05, 0.1) is 6.61 Å². The first kappa shape index (κ1) is 21.9. The monoisotopic (exact) mass is 408 g/mol. The minimum absolute atomic E-state index is 0.0611. The highest BCUT2D eigenvalue weighted by atomic mass is 16.5. The van der Waals surface area contributed by atoms with Crippen molar-refractivity contribution in [3.63, 3.8) is 0 Å². The van der Waals surface area contributed by atoms with Crippen molar-refractivity contribution in [1.29, 1.82) is 0 Å². The Hall–Kier alpha value is -2.82. The summed E-state index contributed by atoms with van der Waals surface area (Å²) in [6.07, 6.45) is 3.08. The van der Waals surface area contributed by atoms with Crippen LogP contribution >= 0.6 is 0 Å². The van der Waals surface area contributed by atoms with Crippen molar-refractivity contribution in [1.82, 2.24) is 4.90 Å². The van der Waals surface area contributed by atoms with Crippen LogP contribution in [0.5, 0.6) is 5.75 Å². The van der Waals surface area contributed by atoms with Gasteiger partial charge in [0.25, 0.3) is 11.8 Å². The standard InChI is InChI=1S/C25H32N2O3/c1-18(2)13-16-30-23-6-4-5-21(17-23)24(28)26-22-9-7-20(8-10-22)25(29)27-14-11-19(3)12-15-27/h4-10,17-19H,11-16H2,1-3H3,(H,26,28). The minimum atomic E-state index is -0.201. The zero-order chi connectivity index (χ0) is 21.5. The Labute approximate surface area is 179 Å². The molecule has 0 aromatic heterocycles. The number of carbonyl (C=O) groups is 2. The maximum Gasteiger partial charge on any atom is 0.255 e. The van der Waals surface area contributed by atoms with Crippen molar-refractivity contribution in [2.75, 3.05) is 25.0 Å². The summed E-state index contributed by atoms with van der Waals surface area (Å²) in [6.45, 7) is 8.79. The first-order valence-corrected chi connectivity index (χ1v) is 10.9. The molecular weight excluding hydrogens is 376 g/mol. The summed E-state index contributed by atoms with van der Waals surface area (Å²) in [5, 5.41) is 2.89. The van der Waals surface area contributed by atoms with Gasteiger partial charge in [-0.25, -0.2) is 0 Å². The predicted octanol–water partition coefficient (Wildman–Crippen LogP) is 5.24. The zero-order valence-electron chi connectivity index (χ0n) is 18.2. The Morgan fingerprint density at radius 3 is 2.43 bits per heavy atom. The summed E-state index contributed by atoms with van der Waals surface area (Å²) in [4.78, 5) is 27.2. The Morgan fingerprint density at radius 2 is 1.77 bits per heavy atom. The van der Waals surface area contributed by atoms with E-state index in [1.807, 2.05) is 17.0 Å². The Morgan fingerprint density at radius 1 is 1.07 bits per heavy atom. The van der Waals surface area contributed by atoms with Crippen LogP contribution in [0.25, 0.3) is 0 Å². The molecule has 2 aromatic rings. The number of piperidine rings is 1. The van der Waals surface area contributed by atoms with Gasteiger partial charge in [-0.05, 0) is 73.6 Å². The lowest BCUT2D eigenvalue weighted by molar-refractivity contribution is 0.0697. The molecule has 1 aliphatic rings. The highest BCUT2D eigenvalue weighted by molar-refractivity contribution is 6.04. The third kappa shape index (κ3) is 6.09. The molecule has 0 atom stereocenters. The van der Waals surface area contributed by atoms with E-state index in [1.165, 1.54) is 0 Å².